The van der Waals surface area contributed by atoms with Crippen molar-refractivity contribution in [3.05, 3.63) is 29.3 Å². The molecular weight excluding hydrogens is 348 g/mol. The summed E-state index contributed by atoms with van der Waals surface area (Å²) in [5, 5.41) is 2.84. The molecule has 24 heavy (non-hydrogen) atoms. The first-order chi connectivity index (χ1) is 11.3. The van der Waals surface area contributed by atoms with Crippen molar-refractivity contribution in [3.8, 4) is 0 Å². The Bertz CT molecular complexity index is 691. The van der Waals surface area contributed by atoms with E-state index in [4.69, 9.17) is 4.74 Å². The fourth-order valence-electron chi connectivity index (χ4n) is 2.46. The van der Waals surface area contributed by atoms with E-state index in [0.29, 0.717) is 30.3 Å². The lowest BCUT2D eigenvalue weighted by atomic mass is 10.1. The number of methoxy groups -OCH3 is 1. The number of sulfonamides is 1. The Morgan fingerprint density at radius 2 is 2.12 bits per heavy atom. The molecule has 1 aliphatic heterocycles. The maximum atomic E-state index is 12.5. The number of hydrogen-bond donors (Lipinski definition) is 1. The van der Waals surface area contributed by atoms with Gasteiger partial charge in [-0.05, 0) is 43.5 Å². The predicted molar refractivity (Wildman–Crippen MR) is 97.8 cm³/mol. The highest BCUT2D eigenvalue weighted by atomic mass is 32.2. The molecule has 1 atom stereocenters. The number of aryl methyl sites for hydroxylation is 2. The molecule has 1 saturated heterocycles. The van der Waals surface area contributed by atoms with Crippen molar-refractivity contribution in [1.82, 2.24) is 4.31 Å². The van der Waals surface area contributed by atoms with Crippen LogP contribution in [0.4, 0.5) is 5.69 Å². The van der Waals surface area contributed by atoms with E-state index in [-0.39, 0.29) is 11.7 Å². The second-order valence-corrected chi connectivity index (χ2v) is 8.89. The largest absolute Gasteiger partial charge is 0.385 e. The molecule has 1 heterocycles. The average Bonchev–Trinajstić information content (AvgIpc) is 3.02. The molecule has 2 rings (SSSR count). The normalized spacial score (nSPS) is 18.7. The summed E-state index contributed by atoms with van der Waals surface area (Å²) in [7, 11) is -1.92. The zero-order valence-electron chi connectivity index (χ0n) is 14.2. The Morgan fingerprint density at radius 3 is 2.79 bits per heavy atom. The van der Waals surface area contributed by atoms with Gasteiger partial charge in [-0.2, -0.15) is 4.31 Å². The smallest absolute Gasteiger partial charge is 0.243 e. The molecule has 8 heteroatoms. The third kappa shape index (κ3) is 4.72. The van der Waals surface area contributed by atoms with Crippen LogP contribution in [0.3, 0.4) is 0 Å². The Hall–Kier alpha value is -1.09. The molecule has 1 aromatic rings. The number of carbonyl (C=O) groups is 1. The monoisotopic (exact) mass is 372 g/mol. The molecule has 0 aliphatic carbocycles. The molecule has 1 amide bonds. The number of benzene rings is 1. The minimum Gasteiger partial charge on any atom is -0.385 e. The molecule has 0 saturated carbocycles. The van der Waals surface area contributed by atoms with E-state index in [1.165, 1.54) is 23.2 Å². The van der Waals surface area contributed by atoms with Crippen LogP contribution in [0, 0.1) is 13.8 Å². The van der Waals surface area contributed by atoms with E-state index in [0.717, 1.165) is 11.1 Å². The summed E-state index contributed by atoms with van der Waals surface area (Å²) in [6.45, 7) is 4.37. The number of carbonyl (C=O) groups excluding carboxylic acids is 1. The Labute approximate surface area is 148 Å². The maximum Gasteiger partial charge on any atom is 0.243 e. The first kappa shape index (κ1) is 19.2. The lowest BCUT2D eigenvalue weighted by Gasteiger charge is -2.22. The van der Waals surface area contributed by atoms with Crippen LogP contribution in [0.25, 0.3) is 0 Å². The Balaban J connectivity index is 2.06. The molecule has 0 radical (unpaired) electrons. The zero-order chi connectivity index (χ0) is 17.7. The minimum atomic E-state index is -3.46. The fourth-order valence-corrected chi connectivity index (χ4v) is 5.71. The van der Waals surface area contributed by atoms with Gasteiger partial charge < -0.3 is 10.1 Å². The summed E-state index contributed by atoms with van der Waals surface area (Å²) < 4.78 is 31.1. The van der Waals surface area contributed by atoms with Gasteiger partial charge in [-0.3, -0.25) is 4.79 Å². The number of thioether (sulfide) groups is 1. The standard InChI is InChI=1S/C16H24N2O4S2/c1-12-5-6-14(9-13(12)2)17-16(19)15-10-23-11-18(15)24(20,21)8-4-7-22-3/h5-6,9,15H,4,7-8,10-11H2,1-3H3,(H,17,19)/t15-/m1/s1. The van der Waals surface area contributed by atoms with Gasteiger partial charge in [0.2, 0.25) is 15.9 Å². The van der Waals surface area contributed by atoms with Gasteiger partial charge in [0.25, 0.3) is 0 Å². The molecule has 0 spiro atoms. The highest BCUT2D eigenvalue weighted by Gasteiger charge is 2.38. The van der Waals surface area contributed by atoms with E-state index in [1.807, 2.05) is 32.0 Å². The zero-order valence-corrected chi connectivity index (χ0v) is 15.9. The van der Waals surface area contributed by atoms with Crippen LogP contribution in [0.2, 0.25) is 0 Å². The van der Waals surface area contributed by atoms with Crippen LogP contribution in [0.5, 0.6) is 0 Å². The molecule has 0 aromatic heterocycles. The van der Waals surface area contributed by atoms with Gasteiger partial charge in [0.1, 0.15) is 6.04 Å². The third-order valence-corrected chi connectivity index (χ3v) is 7.11. The van der Waals surface area contributed by atoms with Crippen LogP contribution in [-0.4, -0.2) is 55.8 Å². The van der Waals surface area contributed by atoms with Gasteiger partial charge in [-0.25, -0.2) is 8.42 Å². The maximum absolute atomic E-state index is 12.5. The predicted octanol–water partition coefficient (Wildman–Crippen LogP) is 1.98. The molecule has 1 aromatic carbocycles. The van der Waals surface area contributed by atoms with Crippen molar-refractivity contribution in [1.29, 1.82) is 0 Å². The number of amides is 1. The highest BCUT2D eigenvalue weighted by Crippen LogP contribution is 2.26. The molecule has 0 bridgehead atoms. The van der Waals surface area contributed by atoms with E-state index in [2.05, 4.69) is 5.32 Å². The number of rotatable bonds is 7. The van der Waals surface area contributed by atoms with E-state index < -0.39 is 16.1 Å². The number of ether oxygens (including phenoxy) is 1. The first-order valence-electron chi connectivity index (χ1n) is 7.79. The van der Waals surface area contributed by atoms with Crippen LogP contribution < -0.4 is 5.32 Å². The summed E-state index contributed by atoms with van der Waals surface area (Å²) >= 11 is 1.46. The van der Waals surface area contributed by atoms with Gasteiger partial charge >= 0.3 is 0 Å². The Kier molecular flexibility index (Phi) is 6.68. The summed E-state index contributed by atoms with van der Waals surface area (Å²) in [6.07, 6.45) is 0.422. The lowest BCUT2D eigenvalue weighted by Crippen LogP contribution is -2.45. The summed E-state index contributed by atoms with van der Waals surface area (Å²) in [5.74, 6) is 0.508. The van der Waals surface area contributed by atoms with Crippen LogP contribution in [-0.2, 0) is 19.6 Å². The van der Waals surface area contributed by atoms with Gasteiger partial charge in [-0.15, -0.1) is 11.8 Å². The van der Waals surface area contributed by atoms with E-state index in [1.54, 1.807) is 0 Å². The van der Waals surface area contributed by atoms with Crippen molar-refractivity contribution in [3.63, 3.8) is 0 Å². The van der Waals surface area contributed by atoms with Crippen molar-refractivity contribution in [2.24, 2.45) is 0 Å². The van der Waals surface area contributed by atoms with Crippen molar-refractivity contribution in [2.75, 3.05) is 36.4 Å². The quantitative estimate of drug-likeness (QED) is 0.741. The molecular formula is C16H24N2O4S2. The number of hydrogen-bond acceptors (Lipinski definition) is 5. The molecule has 1 N–H and O–H groups in total. The summed E-state index contributed by atoms with van der Waals surface area (Å²) in [6, 6.07) is 5.00. The minimum absolute atomic E-state index is 0.00514. The molecule has 134 valence electrons. The fraction of sp³-hybridized carbons (Fsp3) is 0.562. The van der Waals surface area contributed by atoms with Gasteiger partial charge in [0.15, 0.2) is 0 Å². The molecule has 6 nitrogen and oxygen atoms in total. The third-order valence-electron chi connectivity index (χ3n) is 4.03. The summed E-state index contributed by atoms with van der Waals surface area (Å²) in [4.78, 5) is 12.5. The SMILES string of the molecule is COCCCS(=O)(=O)N1CSC[C@@H]1C(=O)Nc1ccc(C)c(C)c1. The second kappa shape index (κ2) is 8.33. The number of anilines is 1. The lowest BCUT2D eigenvalue weighted by molar-refractivity contribution is -0.118. The van der Waals surface area contributed by atoms with E-state index >= 15 is 0 Å². The molecule has 0 unspecified atom stereocenters. The Morgan fingerprint density at radius 1 is 1.38 bits per heavy atom. The molecule has 1 fully saturated rings. The summed E-state index contributed by atoms with van der Waals surface area (Å²) in [5.41, 5.74) is 2.92. The van der Waals surface area contributed by atoms with Crippen molar-refractivity contribution >= 4 is 33.4 Å². The van der Waals surface area contributed by atoms with Crippen LogP contribution in [0.1, 0.15) is 17.5 Å². The molecule has 1 aliphatic rings. The first-order valence-corrected chi connectivity index (χ1v) is 10.6. The second-order valence-electron chi connectivity index (χ2n) is 5.85. The van der Waals surface area contributed by atoms with Crippen molar-refractivity contribution < 1.29 is 17.9 Å². The van der Waals surface area contributed by atoms with E-state index in [9.17, 15) is 13.2 Å². The van der Waals surface area contributed by atoms with Gasteiger partial charge in [0.05, 0.1) is 11.6 Å². The van der Waals surface area contributed by atoms with Crippen molar-refractivity contribution in [2.45, 2.75) is 26.3 Å². The van der Waals surface area contributed by atoms with Gasteiger partial charge in [0, 0.05) is 25.2 Å². The van der Waals surface area contributed by atoms with Crippen LogP contribution in [0.15, 0.2) is 18.2 Å². The highest BCUT2D eigenvalue weighted by molar-refractivity contribution is 8.00. The topological polar surface area (TPSA) is 75.7 Å². The number of nitrogens with zero attached hydrogens (tertiary/aromatic N) is 1. The number of nitrogens with one attached hydrogen (secondary N) is 1. The average molecular weight is 373 g/mol. The van der Waals surface area contributed by atoms with Gasteiger partial charge in [-0.1, -0.05) is 6.07 Å². The van der Waals surface area contributed by atoms with Crippen LogP contribution >= 0.6 is 11.8 Å².